The number of hydrogen-bond donors (Lipinski definition) is 3. The fraction of sp³-hybridized carbons (Fsp3) is 0.0800. The zero-order valence-electron chi connectivity index (χ0n) is 15.9. The molecular weight excluding hydrogens is 358 g/mol. The minimum atomic E-state index is -0.992. The third-order valence-electron chi connectivity index (χ3n) is 6.16. The van der Waals surface area contributed by atoms with Gasteiger partial charge in [-0.15, -0.1) is 0 Å². The number of hydrogen-bond acceptors (Lipinski definition) is 2. The van der Waals surface area contributed by atoms with Crippen LogP contribution in [-0.4, -0.2) is 15.8 Å². The minimum Gasteiger partial charge on any atom is -0.364 e. The number of benzene rings is 3. The number of carbonyl (C=O) groups is 1. The monoisotopic (exact) mass is 377 g/mol. The van der Waals surface area contributed by atoms with E-state index in [2.05, 4.69) is 27.4 Å². The summed E-state index contributed by atoms with van der Waals surface area (Å²) >= 11 is 0. The Labute approximate surface area is 167 Å². The van der Waals surface area contributed by atoms with E-state index in [1.807, 2.05) is 73.9 Å². The van der Waals surface area contributed by atoms with Crippen molar-refractivity contribution < 1.29 is 4.79 Å². The van der Waals surface area contributed by atoms with E-state index in [1.165, 1.54) is 0 Å². The van der Waals surface area contributed by atoms with Crippen LogP contribution < -0.4 is 5.32 Å². The van der Waals surface area contributed by atoms with Gasteiger partial charge in [-0.2, -0.15) is 0 Å². The molecule has 0 atom stereocenters. The van der Waals surface area contributed by atoms with Crippen molar-refractivity contribution in [2.24, 2.45) is 0 Å². The third-order valence-corrected chi connectivity index (χ3v) is 6.16. The van der Waals surface area contributed by atoms with Crippen LogP contribution >= 0.6 is 0 Å². The Morgan fingerprint density at radius 2 is 1.31 bits per heavy atom. The molecule has 1 aliphatic rings. The SMILES string of the molecule is Cc1cccc2c1NC(c1c[nH]c3ccccc13)(c1c[nH]c3ccccc13)C2=O. The highest BCUT2D eigenvalue weighted by atomic mass is 16.1. The summed E-state index contributed by atoms with van der Waals surface area (Å²) < 4.78 is 0. The zero-order chi connectivity index (χ0) is 19.6. The Bertz CT molecular complexity index is 1350. The summed E-state index contributed by atoms with van der Waals surface area (Å²) in [6.07, 6.45) is 3.94. The molecule has 6 rings (SSSR count). The maximum absolute atomic E-state index is 14.1. The molecule has 0 aliphatic carbocycles. The van der Waals surface area contributed by atoms with Crippen molar-refractivity contribution >= 4 is 33.3 Å². The van der Waals surface area contributed by atoms with E-state index >= 15 is 0 Å². The molecule has 4 heteroatoms. The van der Waals surface area contributed by atoms with Crippen LogP contribution in [0.5, 0.6) is 0 Å². The van der Waals surface area contributed by atoms with Crippen LogP contribution in [0, 0.1) is 6.92 Å². The van der Waals surface area contributed by atoms with Gasteiger partial charge in [0.1, 0.15) is 0 Å². The van der Waals surface area contributed by atoms with Crippen molar-refractivity contribution in [3.63, 3.8) is 0 Å². The number of fused-ring (bicyclic) bond motifs is 3. The van der Waals surface area contributed by atoms with E-state index in [9.17, 15) is 4.79 Å². The highest BCUT2D eigenvalue weighted by molar-refractivity contribution is 6.19. The first-order chi connectivity index (χ1) is 14.2. The minimum absolute atomic E-state index is 0.0747. The molecule has 140 valence electrons. The molecule has 0 saturated carbocycles. The molecule has 29 heavy (non-hydrogen) atoms. The van der Waals surface area contributed by atoms with Gasteiger partial charge >= 0.3 is 0 Å². The zero-order valence-corrected chi connectivity index (χ0v) is 15.9. The second-order valence-electron chi connectivity index (χ2n) is 7.70. The molecule has 5 aromatic rings. The molecule has 3 N–H and O–H groups in total. The average molecular weight is 377 g/mol. The van der Waals surface area contributed by atoms with Gasteiger partial charge in [-0.25, -0.2) is 0 Å². The van der Waals surface area contributed by atoms with Crippen molar-refractivity contribution in [1.29, 1.82) is 0 Å². The number of H-pyrrole nitrogens is 2. The molecule has 2 aromatic heterocycles. The maximum Gasteiger partial charge on any atom is 0.199 e. The molecule has 0 saturated heterocycles. The number of nitrogens with one attached hydrogen (secondary N) is 3. The smallest absolute Gasteiger partial charge is 0.199 e. The number of para-hydroxylation sites is 3. The van der Waals surface area contributed by atoms with Gasteiger partial charge in [-0.1, -0.05) is 48.5 Å². The van der Waals surface area contributed by atoms with Gasteiger partial charge in [0, 0.05) is 56.6 Å². The van der Waals surface area contributed by atoms with E-state index in [0.717, 1.165) is 49.7 Å². The van der Waals surface area contributed by atoms with E-state index in [0.29, 0.717) is 0 Å². The van der Waals surface area contributed by atoms with Gasteiger partial charge in [0.2, 0.25) is 0 Å². The number of aromatic nitrogens is 2. The summed E-state index contributed by atoms with van der Waals surface area (Å²) in [5.74, 6) is 0.0747. The van der Waals surface area contributed by atoms with Gasteiger partial charge in [0.05, 0.1) is 0 Å². The molecule has 0 spiro atoms. The fourth-order valence-corrected chi connectivity index (χ4v) is 4.76. The molecule has 3 aromatic carbocycles. The first-order valence-electron chi connectivity index (χ1n) is 9.76. The predicted octanol–water partition coefficient (Wildman–Crippen LogP) is 5.51. The van der Waals surface area contributed by atoms with Crippen LogP contribution in [-0.2, 0) is 5.54 Å². The summed E-state index contributed by atoms with van der Waals surface area (Å²) in [5, 5.41) is 5.76. The summed E-state index contributed by atoms with van der Waals surface area (Å²) in [6, 6.07) is 22.2. The van der Waals surface area contributed by atoms with Crippen molar-refractivity contribution in [2.45, 2.75) is 12.5 Å². The lowest BCUT2D eigenvalue weighted by molar-refractivity contribution is 0.0942. The van der Waals surface area contributed by atoms with Crippen LogP contribution in [0.15, 0.2) is 79.1 Å². The third kappa shape index (κ3) is 2.00. The summed E-state index contributed by atoms with van der Waals surface area (Å²) in [4.78, 5) is 20.8. The molecule has 0 fully saturated rings. The van der Waals surface area contributed by atoms with Crippen molar-refractivity contribution in [2.75, 3.05) is 5.32 Å². The standard InChI is InChI=1S/C25H19N3O/c1-15-7-6-10-18-23(15)28-25(24(18)29,19-13-26-21-11-4-2-8-16(19)21)20-14-27-22-12-5-3-9-17(20)22/h2-14,26-28H,1H3. The van der Waals surface area contributed by atoms with Crippen LogP contribution in [0.25, 0.3) is 21.8 Å². The molecule has 0 bridgehead atoms. The van der Waals surface area contributed by atoms with E-state index < -0.39 is 5.54 Å². The van der Waals surface area contributed by atoms with Crippen LogP contribution in [0.2, 0.25) is 0 Å². The van der Waals surface area contributed by atoms with E-state index in [1.54, 1.807) is 0 Å². The second kappa shape index (κ2) is 5.61. The number of carbonyl (C=O) groups excluding carboxylic acids is 1. The summed E-state index contributed by atoms with van der Waals surface area (Å²) in [5.41, 5.74) is 5.64. The van der Waals surface area contributed by atoms with Crippen molar-refractivity contribution in [3.8, 4) is 0 Å². The van der Waals surface area contributed by atoms with Gasteiger partial charge in [-0.3, -0.25) is 4.79 Å². The number of anilines is 1. The van der Waals surface area contributed by atoms with Gasteiger partial charge in [0.15, 0.2) is 11.3 Å². The Balaban J connectivity index is 1.73. The normalized spacial score (nSPS) is 15.0. The van der Waals surface area contributed by atoms with Crippen LogP contribution in [0.4, 0.5) is 5.69 Å². The maximum atomic E-state index is 14.1. The van der Waals surface area contributed by atoms with Crippen LogP contribution in [0.3, 0.4) is 0 Å². The van der Waals surface area contributed by atoms with Gasteiger partial charge < -0.3 is 15.3 Å². The lowest BCUT2D eigenvalue weighted by Gasteiger charge is -2.29. The Hall–Kier alpha value is -3.79. The largest absolute Gasteiger partial charge is 0.364 e. The van der Waals surface area contributed by atoms with Gasteiger partial charge in [-0.05, 0) is 30.7 Å². The van der Waals surface area contributed by atoms with Crippen molar-refractivity contribution in [3.05, 3.63) is 101 Å². The Morgan fingerprint density at radius 1 is 0.724 bits per heavy atom. The van der Waals surface area contributed by atoms with Crippen LogP contribution in [0.1, 0.15) is 27.0 Å². The summed E-state index contributed by atoms with van der Waals surface area (Å²) in [6.45, 7) is 2.04. The molecule has 0 radical (unpaired) electrons. The quantitative estimate of drug-likeness (QED) is 0.380. The molecule has 1 aliphatic heterocycles. The number of Topliss-reactive ketones (excluding diaryl/α,β-unsaturated/α-hetero) is 1. The number of rotatable bonds is 2. The fourth-order valence-electron chi connectivity index (χ4n) is 4.76. The number of aryl methyl sites for hydroxylation is 1. The molecule has 4 nitrogen and oxygen atoms in total. The second-order valence-corrected chi connectivity index (χ2v) is 7.70. The van der Waals surface area contributed by atoms with E-state index in [4.69, 9.17) is 0 Å². The summed E-state index contributed by atoms with van der Waals surface area (Å²) in [7, 11) is 0. The predicted molar refractivity (Wildman–Crippen MR) is 117 cm³/mol. The average Bonchev–Trinajstić information content (AvgIpc) is 3.44. The number of ketones is 1. The number of aromatic amines is 2. The highest BCUT2D eigenvalue weighted by Crippen LogP contribution is 2.48. The highest BCUT2D eigenvalue weighted by Gasteiger charge is 2.51. The van der Waals surface area contributed by atoms with E-state index in [-0.39, 0.29) is 5.78 Å². The first kappa shape index (κ1) is 16.2. The molecule has 3 heterocycles. The Morgan fingerprint density at radius 3 is 1.90 bits per heavy atom. The molecular formula is C25H19N3O. The lowest BCUT2D eigenvalue weighted by atomic mass is 9.79. The first-order valence-corrected chi connectivity index (χ1v) is 9.76. The molecule has 0 unspecified atom stereocenters. The Kier molecular flexibility index (Phi) is 3.13. The molecule has 0 amide bonds. The van der Waals surface area contributed by atoms with Gasteiger partial charge in [0.25, 0.3) is 0 Å². The topological polar surface area (TPSA) is 60.7 Å². The lowest BCUT2D eigenvalue weighted by Crippen LogP contribution is -2.39. The van der Waals surface area contributed by atoms with Crippen molar-refractivity contribution in [1.82, 2.24) is 9.97 Å².